The average molecular weight is 245 g/mol. The molecular weight excluding hydrogens is 234 g/mol. The molecule has 0 aliphatic rings. The van der Waals surface area contributed by atoms with Gasteiger partial charge in [0.25, 0.3) is 0 Å². The van der Waals surface area contributed by atoms with Gasteiger partial charge in [0.1, 0.15) is 0 Å². The van der Waals surface area contributed by atoms with E-state index in [0.717, 1.165) is 26.6 Å². The Hall–Kier alpha value is -2.01. The Labute approximate surface area is 102 Å². The fraction of sp³-hybridized carbons (Fsp3) is 0.0833. The molecule has 2 heterocycles. The minimum Gasteiger partial charge on any atom is -0.472 e. The molecule has 0 unspecified atom stereocenters. The first-order valence-corrected chi connectivity index (χ1v) is 6.04. The second-order valence-electron chi connectivity index (χ2n) is 3.73. The smallest absolute Gasteiger partial charge is 0.184 e. The van der Waals surface area contributed by atoms with Gasteiger partial charge in [0.15, 0.2) is 5.13 Å². The number of nitrogens with one attached hydrogen (secondary N) is 1. The van der Waals surface area contributed by atoms with Crippen molar-refractivity contribution in [1.82, 2.24) is 4.98 Å². The molecule has 0 amide bonds. The maximum atomic E-state index is 5.73. The van der Waals surface area contributed by atoms with Crippen molar-refractivity contribution in [2.45, 2.75) is 6.54 Å². The summed E-state index contributed by atoms with van der Waals surface area (Å²) in [6, 6.07) is 7.67. The number of benzene rings is 1. The predicted molar refractivity (Wildman–Crippen MR) is 70.1 cm³/mol. The number of nitrogens with two attached hydrogens (primary N) is 1. The molecule has 2 aromatic heterocycles. The van der Waals surface area contributed by atoms with Crippen LogP contribution in [0.15, 0.2) is 41.2 Å². The van der Waals surface area contributed by atoms with Gasteiger partial charge in [0, 0.05) is 17.8 Å². The summed E-state index contributed by atoms with van der Waals surface area (Å²) in [7, 11) is 0. The number of furan rings is 1. The van der Waals surface area contributed by atoms with E-state index in [4.69, 9.17) is 10.2 Å². The van der Waals surface area contributed by atoms with Crippen LogP contribution in [0.1, 0.15) is 5.56 Å². The Bertz CT molecular complexity index is 630. The topological polar surface area (TPSA) is 64.1 Å². The van der Waals surface area contributed by atoms with Crippen molar-refractivity contribution in [2.24, 2.45) is 0 Å². The molecular formula is C12H11N3OS. The first-order valence-electron chi connectivity index (χ1n) is 5.22. The zero-order valence-electron chi connectivity index (χ0n) is 9.01. The SMILES string of the molecule is Nc1ccc2nc(NCc3ccoc3)sc2c1. The zero-order chi connectivity index (χ0) is 11.7. The summed E-state index contributed by atoms with van der Waals surface area (Å²) in [5.74, 6) is 0. The Morgan fingerprint density at radius 3 is 3.12 bits per heavy atom. The largest absolute Gasteiger partial charge is 0.472 e. The number of nitrogens with zero attached hydrogens (tertiary/aromatic N) is 1. The third-order valence-corrected chi connectivity index (χ3v) is 3.41. The van der Waals surface area contributed by atoms with E-state index in [2.05, 4.69) is 10.3 Å². The van der Waals surface area contributed by atoms with E-state index in [1.807, 2.05) is 24.3 Å². The highest BCUT2D eigenvalue weighted by Gasteiger charge is 2.03. The lowest BCUT2D eigenvalue weighted by atomic mass is 10.3. The highest BCUT2D eigenvalue weighted by atomic mass is 32.1. The highest BCUT2D eigenvalue weighted by molar-refractivity contribution is 7.22. The van der Waals surface area contributed by atoms with Crippen LogP contribution in [-0.2, 0) is 6.54 Å². The van der Waals surface area contributed by atoms with Crippen LogP contribution in [0.25, 0.3) is 10.2 Å². The molecule has 86 valence electrons. The summed E-state index contributed by atoms with van der Waals surface area (Å²) >= 11 is 1.60. The van der Waals surface area contributed by atoms with Crippen LogP contribution in [0.5, 0.6) is 0 Å². The second-order valence-corrected chi connectivity index (χ2v) is 4.76. The van der Waals surface area contributed by atoms with Gasteiger partial charge in [-0.3, -0.25) is 0 Å². The molecule has 0 aliphatic heterocycles. The van der Waals surface area contributed by atoms with E-state index in [0.29, 0.717) is 6.54 Å². The third kappa shape index (κ3) is 2.09. The van der Waals surface area contributed by atoms with Gasteiger partial charge in [-0.25, -0.2) is 4.98 Å². The Morgan fingerprint density at radius 1 is 1.35 bits per heavy atom. The van der Waals surface area contributed by atoms with Crippen LogP contribution in [0, 0.1) is 0 Å². The summed E-state index contributed by atoms with van der Waals surface area (Å²) in [6.45, 7) is 0.714. The van der Waals surface area contributed by atoms with Gasteiger partial charge in [0.2, 0.25) is 0 Å². The first kappa shape index (κ1) is 10.2. The van der Waals surface area contributed by atoms with E-state index >= 15 is 0 Å². The van der Waals surface area contributed by atoms with Crippen LogP contribution < -0.4 is 11.1 Å². The lowest BCUT2D eigenvalue weighted by Crippen LogP contribution is -1.96. The maximum absolute atomic E-state index is 5.73. The average Bonchev–Trinajstić information content (AvgIpc) is 2.94. The molecule has 17 heavy (non-hydrogen) atoms. The van der Waals surface area contributed by atoms with Crippen LogP contribution >= 0.6 is 11.3 Å². The highest BCUT2D eigenvalue weighted by Crippen LogP contribution is 2.27. The van der Waals surface area contributed by atoms with Crippen LogP contribution in [0.2, 0.25) is 0 Å². The number of rotatable bonds is 3. The number of anilines is 2. The summed E-state index contributed by atoms with van der Waals surface area (Å²) in [5.41, 5.74) is 8.57. The third-order valence-electron chi connectivity index (χ3n) is 2.44. The number of hydrogen-bond donors (Lipinski definition) is 2. The monoisotopic (exact) mass is 245 g/mol. The molecule has 0 bridgehead atoms. The zero-order valence-corrected chi connectivity index (χ0v) is 9.83. The number of aromatic nitrogens is 1. The van der Waals surface area contributed by atoms with Gasteiger partial charge in [-0.2, -0.15) is 0 Å². The molecule has 4 nitrogen and oxygen atoms in total. The van der Waals surface area contributed by atoms with Crippen molar-refractivity contribution < 1.29 is 4.42 Å². The minimum absolute atomic E-state index is 0.714. The van der Waals surface area contributed by atoms with Gasteiger partial charge in [-0.05, 0) is 24.3 Å². The van der Waals surface area contributed by atoms with Crippen molar-refractivity contribution >= 4 is 32.4 Å². The number of fused-ring (bicyclic) bond motifs is 1. The molecule has 0 saturated carbocycles. The Balaban J connectivity index is 1.81. The van der Waals surface area contributed by atoms with E-state index in [9.17, 15) is 0 Å². The summed E-state index contributed by atoms with van der Waals surface area (Å²) in [4.78, 5) is 4.47. The van der Waals surface area contributed by atoms with Gasteiger partial charge < -0.3 is 15.5 Å². The van der Waals surface area contributed by atoms with Crippen molar-refractivity contribution in [1.29, 1.82) is 0 Å². The normalized spacial score (nSPS) is 10.8. The number of hydrogen-bond acceptors (Lipinski definition) is 5. The van der Waals surface area contributed by atoms with Crippen LogP contribution in [0.4, 0.5) is 10.8 Å². The molecule has 3 N–H and O–H groups in total. The molecule has 0 aliphatic carbocycles. The Morgan fingerprint density at radius 2 is 2.29 bits per heavy atom. The van der Waals surface area contributed by atoms with E-state index < -0.39 is 0 Å². The van der Waals surface area contributed by atoms with Gasteiger partial charge >= 0.3 is 0 Å². The molecule has 3 aromatic rings. The maximum Gasteiger partial charge on any atom is 0.184 e. The van der Waals surface area contributed by atoms with Gasteiger partial charge in [-0.15, -0.1) is 0 Å². The van der Waals surface area contributed by atoms with Crippen molar-refractivity contribution in [3.05, 3.63) is 42.4 Å². The van der Waals surface area contributed by atoms with Crippen molar-refractivity contribution in [2.75, 3.05) is 11.1 Å². The fourth-order valence-corrected chi connectivity index (χ4v) is 2.50. The standard InChI is InChI=1S/C12H11N3OS/c13-9-1-2-10-11(5-9)17-12(15-10)14-6-8-3-4-16-7-8/h1-5,7H,6,13H2,(H,14,15). The molecule has 0 saturated heterocycles. The first-order chi connectivity index (χ1) is 8.31. The molecule has 0 atom stereocenters. The van der Waals surface area contributed by atoms with E-state index in [1.54, 1.807) is 23.9 Å². The molecule has 1 aromatic carbocycles. The second kappa shape index (κ2) is 4.10. The van der Waals surface area contributed by atoms with E-state index in [1.165, 1.54) is 0 Å². The van der Waals surface area contributed by atoms with Crippen LogP contribution in [0.3, 0.4) is 0 Å². The summed E-state index contributed by atoms with van der Waals surface area (Å²) < 4.78 is 6.10. The summed E-state index contributed by atoms with van der Waals surface area (Å²) in [6.07, 6.45) is 3.38. The molecule has 0 spiro atoms. The molecule has 0 fully saturated rings. The molecule has 5 heteroatoms. The number of thiazole rings is 1. The van der Waals surface area contributed by atoms with Crippen LogP contribution in [-0.4, -0.2) is 4.98 Å². The van der Waals surface area contributed by atoms with Crippen molar-refractivity contribution in [3.63, 3.8) is 0 Å². The fourth-order valence-electron chi connectivity index (χ4n) is 1.59. The molecule has 0 radical (unpaired) electrons. The van der Waals surface area contributed by atoms with Gasteiger partial charge in [-0.1, -0.05) is 11.3 Å². The molecule has 3 rings (SSSR count). The predicted octanol–water partition coefficient (Wildman–Crippen LogP) is 3.08. The lowest BCUT2D eigenvalue weighted by Gasteiger charge is -1.97. The lowest BCUT2D eigenvalue weighted by molar-refractivity contribution is 0.564. The quantitative estimate of drug-likeness (QED) is 0.696. The van der Waals surface area contributed by atoms with E-state index in [-0.39, 0.29) is 0 Å². The van der Waals surface area contributed by atoms with Gasteiger partial charge in [0.05, 0.1) is 22.7 Å². The van der Waals surface area contributed by atoms with Crippen molar-refractivity contribution in [3.8, 4) is 0 Å². The Kier molecular flexibility index (Phi) is 2.45. The number of nitrogen functional groups attached to an aromatic ring is 1. The summed E-state index contributed by atoms with van der Waals surface area (Å²) in [5, 5.41) is 4.16. The minimum atomic E-state index is 0.714.